The molecule has 0 aliphatic heterocycles. The number of hydrogen-bond donors (Lipinski definition) is 1. The van der Waals surface area contributed by atoms with E-state index in [9.17, 15) is 18.9 Å². The Balaban J connectivity index is -0.000000140. The molecule has 0 aliphatic carbocycles. The van der Waals surface area contributed by atoms with Crippen LogP contribution in [0.5, 0.6) is 0 Å². The standard InChI is InChI=1S/CH3ClO.Ba.O5P2/c2-1-3;;1-6(2)5-7(3)4/h3H,1H2;;/q;+2;. The zero-order chi connectivity index (χ0) is 8.57. The van der Waals surface area contributed by atoms with Crippen LogP contribution in [-0.4, -0.2) is 60.1 Å². The van der Waals surface area contributed by atoms with Crippen molar-refractivity contribution < 1.29 is 28.3 Å². The zero-order valence-electron chi connectivity index (χ0n) is 5.18. The Morgan fingerprint density at radius 3 is 1.55 bits per heavy atom. The molecule has 2 unspecified atom stereocenters. The van der Waals surface area contributed by atoms with Gasteiger partial charge < -0.3 is 14.9 Å². The number of hydrogen-bond acceptors (Lipinski definition) is 6. The van der Waals surface area contributed by atoms with Gasteiger partial charge in [-0.1, -0.05) is 11.6 Å². The van der Waals surface area contributed by atoms with E-state index in [-0.39, 0.29) is 54.9 Å². The molecule has 0 fully saturated rings. The summed E-state index contributed by atoms with van der Waals surface area (Å²) in [5, 5.41) is 7.33. The van der Waals surface area contributed by atoms with Crippen LogP contribution >= 0.6 is 28.1 Å². The Kier molecular flexibility index (Phi) is 24.4. The van der Waals surface area contributed by atoms with Crippen LogP contribution in [-0.2, 0) is 13.4 Å². The van der Waals surface area contributed by atoms with Gasteiger partial charge in [-0.25, -0.2) is 0 Å². The molecule has 0 saturated carbocycles. The van der Waals surface area contributed by atoms with Crippen molar-refractivity contribution in [2.24, 2.45) is 0 Å². The Morgan fingerprint density at radius 2 is 1.55 bits per heavy atom. The largest absolute Gasteiger partial charge is 2.00 e. The Labute approximate surface area is 110 Å². The molecule has 0 aliphatic rings. The van der Waals surface area contributed by atoms with Gasteiger partial charge in [-0.3, -0.25) is 0 Å². The molecule has 0 bridgehead atoms. The van der Waals surface area contributed by atoms with Crippen molar-refractivity contribution in [3.8, 4) is 0 Å². The zero-order valence-corrected chi connectivity index (χ0v) is 12.2. The summed E-state index contributed by atoms with van der Waals surface area (Å²) in [5.41, 5.74) is 0. The van der Waals surface area contributed by atoms with Crippen molar-refractivity contribution in [2.75, 3.05) is 6.07 Å². The van der Waals surface area contributed by atoms with E-state index >= 15 is 0 Å². The van der Waals surface area contributed by atoms with Crippen molar-refractivity contribution in [3.63, 3.8) is 0 Å². The van der Waals surface area contributed by atoms with Crippen LogP contribution in [0.25, 0.3) is 0 Å². The van der Waals surface area contributed by atoms with E-state index in [1.165, 1.54) is 0 Å². The predicted octanol–water partition coefficient (Wildman–Crippen LogP) is -1.17. The summed E-state index contributed by atoms with van der Waals surface area (Å²) in [4.78, 5) is 18.5. The first kappa shape index (κ1) is 18.6. The molecule has 11 heavy (non-hydrogen) atoms. The SMILES string of the molecule is O=[P+]([O-])O[P+](=O)[O-].OCCl.[Ba+2]. The third kappa shape index (κ3) is 33.5. The van der Waals surface area contributed by atoms with Gasteiger partial charge in [0.25, 0.3) is 0 Å². The van der Waals surface area contributed by atoms with Gasteiger partial charge in [-0.05, 0) is 9.13 Å². The molecule has 0 aromatic rings. The van der Waals surface area contributed by atoms with Crippen LogP contribution in [0.1, 0.15) is 0 Å². The summed E-state index contributed by atoms with van der Waals surface area (Å²) in [5.74, 6) is 0. The Morgan fingerprint density at radius 1 is 1.36 bits per heavy atom. The molecule has 60 valence electrons. The Bertz CT molecular complexity index is 107. The van der Waals surface area contributed by atoms with Crippen molar-refractivity contribution >= 4 is 77.0 Å². The average Bonchev–Trinajstić information content (AvgIpc) is 1.62. The maximum Gasteiger partial charge on any atom is 2.00 e. The average molecular weight is 346 g/mol. The normalized spacial score (nSPS) is 10.2. The van der Waals surface area contributed by atoms with E-state index < -0.39 is 16.5 Å². The Hall–Kier alpha value is 1.90. The smallest absolute Gasteiger partial charge is 0.563 e. The number of rotatable bonds is 2. The molecular weight excluding hydrogens is 343 g/mol. The van der Waals surface area contributed by atoms with E-state index in [2.05, 4.69) is 15.9 Å². The van der Waals surface area contributed by atoms with Gasteiger partial charge in [0, 0.05) is 0 Å². The topological polar surface area (TPSA) is 110 Å². The van der Waals surface area contributed by atoms with Crippen LogP contribution < -0.4 is 9.79 Å². The fourth-order valence-electron chi connectivity index (χ4n) is 0.0544. The summed E-state index contributed by atoms with van der Waals surface area (Å²) in [6, 6.07) is -0.278. The van der Waals surface area contributed by atoms with Gasteiger partial charge in [-0.15, -0.1) is 0 Å². The van der Waals surface area contributed by atoms with Crippen LogP contribution in [0.3, 0.4) is 0 Å². The van der Waals surface area contributed by atoms with E-state index in [1.54, 1.807) is 0 Å². The van der Waals surface area contributed by atoms with Gasteiger partial charge in [0.15, 0.2) is 0 Å². The summed E-state index contributed by atoms with van der Waals surface area (Å²) in [6.07, 6.45) is 0. The van der Waals surface area contributed by atoms with Crippen molar-refractivity contribution in [2.45, 2.75) is 0 Å². The first-order valence-corrected chi connectivity index (χ1v) is 4.40. The van der Waals surface area contributed by atoms with Crippen molar-refractivity contribution in [1.82, 2.24) is 0 Å². The van der Waals surface area contributed by atoms with Crippen LogP contribution in [0, 0.1) is 0 Å². The molecule has 1 N–H and O–H groups in total. The van der Waals surface area contributed by atoms with Gasteiger partial charge in [0.1, 0.15) is 10.4 Å². The fraction of sp³-hybridized carbons (Fsp3) is 1.00. The minimum atomic E-state index is -3.24. The molecule has 6 nitrogen and oxygen atoms in total. The van der Waals surface area contributed by atoms with Gasteiger partial charge in [0.05, 0.1) is 0 Å². The van der Waals surface area contributed by atoms with E-state index in [4.69, 9.17) is 5.11 Å². The number of aliphatic hydroxyl groups excluding tert-OH is 1. The van der Waals surface area contributed by atoms with Crippen molar-refractivity contribution in [1.29, 1.82) is 0 Å². The summed E-state index contributed by atoms with van der Waals surface area (Å²) < 4.78 is 21.6. The molecule has 0 spiro atoms. The first-order valence-electron chi connectivity index (χ1n) is 1.68. The van der Waals surface area contributed by atoms with E-state index in [1.807, 2.05) is 0 Å². The van der Waals surface area contributed by atoms with Gasteiger partial charge >= 0.3 is 65.4 Å². The van der Waals surface area contributed by atoms with Crippen LogP contribution in [0.15, 0.2) is 0 Å². The molecule has 0 rings (SSSR count). The second-order valence-electron chi connectivity index (χ2n) is 0.648. The number of halogens is 1. The second-order valence-corrected chi connectivity index (χ2v) is 2.44. The monoisotopic (exact) mass is 346 g/mol. The van der Waals surface area contributed by atoms with Crippen molar-refractivity contribution in [3.05, 3.63) is 0 Å². The molecule has 0 radical (unpaired) electrons. The summed E-state index contributed by atoms with van der Waals surface area (Å²) in [7, 11) is -6.47. The number of aliphatic hydroxyl groups is 1. The third-order valence-electron chi connectivity index (χ3n) is 0.133. The maximum atomic E-state index is 9.24. The minimum absolute atomic E-state index is 0. The molecule has 0 heterocycles. The predicted molar refractivity (Wildman–Crippen MR) is 35.0 cm³/mol. The number of alkyl halides is 1. The summed E-state index contributed by atoms with van der Waals surface area (Å²) >= 11 is 4.55. The quantitative estimate of drug-likeness (QED) is 0.384. The maximum absolute atomic E-state index is 9.24. The molecule has 0 aromatic heterocycles. The summed E-state index contributed by atoms with van der Waals surface area (Å²) in [6.45, 7) is 0. The molecule has 0 amide bonds. The van der Waals surface area contributed by atoms with Gasteiger partial charge in [-0.2, -0.15) is 0 Å². The molecular formula is CH3BaClO6P2+2. The minimum Gasteiger partial charge on any atom is -0.563 e. The molecule has 2 atom stereocenters. The fourth-order valence-corrected chi connectivity index (χ4v) is 0.490. The first-order chi connectivity index (χ1) is 4.54. The molecule has 0 aromatic carbocycles. The molecule has 10 heteroatoms. The molecule has 0 saturated heterocycles. The van der Waals surface area contributed by atoms with E-state index in [0.29, 0.717) is 0 Å². The van der Waals surface area contributed by atoms with Gasteiger partial charge in [0.2, 0.25) is 0 Å². The second kappa shape index (κ2) is 14.4. The van der Waals surface area contributed by atoms with Crippen LogP contribution in [0.4, 0.5) is 0 Å². The third-order valence-corrected chi connectivity index (χ3v) is 1.20. The van der Waals surface area contributed by atoms with Crippen LogP contribution in [0.2, 0.25) is 0 Å². The van der Waals surface area contributed by atoms with E-state index in [0.717, 1.165) is 0 Å².